The third-order valence-corrected chi connectivity index (χ3v) is 3.58. The zero-order valence-corrected chi connectivity index (χ0v) is 11.1. The first-order valence-electron chi connectivity index (χ1n) is 6.13. The van der Waals surface area contributed by atoms with Crippen LogP contribution in [0.1, 0.15) is 12.6 Å². The summed E-state index contributed by atoms with van der Waals surface area (Å²) in [7, 11) is 4.27. The van der Waals surface area contributed by atoms with Crippen molar-refractivity contribution in [1.29, 1.82) is 0 Å². The van der Waals surface area contributed by atoms with Crippen molar-refractivity contribution in [1.82, 2.24) is 9.88 Å². The zero-order chi connectivity index (χ0) is 12.6. The van der Waals surface area contributed by atoms with E-state index in [0.29, 0.717) is 12.0 Å². The van der Waals surface area contributed by atoms with E-state index in [1.807, 2.05) is 19.1 Å². The summed E-state index contributed by atoms with van der Waals surface area (Å²) in [6.45, 7) is 6.33. The van der Waals surface area contributed by atoms with Crippen LogP contribution < -0.4 is 10.6 Å². The molecule has 94 valence electrons. The second-order valence-electron chi connectivity index (χ2n) is 5.28. The van der Waals surface area contributed by atoms with E-state index in [1.165, 1.54) is 0 Å². The number of rotatable bonds is 2. The summed E-state index contributed by atoms with van der Waals surface area (Å²) in [5.41, 5.74) is 7.82. The first-order chi connectivity index (χ1) is 7.99. The van der Waals surface area contributed by atoms with Gasteiger partial charge in [-0.1, -0.05) is 6.92 Å². The van der Waals surface area contributed by atoms with Gasteiger partial charge in [0.25, 0.3) is 0 Å². The van der Waals surface area contributed by atoms with E-state index in [9.17, 15) is 0 Å². The number of hydrogen-bond donors (Lipinski definition) is 1. The normalized spacial score (nSPS) is 24.6. The third kappa shape index (κ3) is 2.36. The molecule has 4 heteroatoms. The van der Waals surface area contributed by atoms with Crippen LogP contribution in [-0.2, 0) is 0 Å². The molecular formula is C13H22N4. The van der Waals surface area contributed by atoms with Gasteiger partial charge in [-0.15, -0.1) is 0 Å². The SMILES string of the molecule is Cc1ccc(N)c(N2CC(C)C(N(C)C)C2)n1. The van der Waals surface area contributed by atoms with Gasteiger partial charge in [0.15, 0.2) is 5.82 Å². The predicted octanol–water partition coefficient (Wildman–Crippen LogP) is 1.36. The number of likely N-dealkylation sites (N-methyl/N-ethyl adjacent to an activating group) is 1. The minimum Gasteiger partial charge on any atom is -0.396 e. The molecule has 0 saturated carbocycles. The van der Waals surface area contributed by atoms with Gasteiger partial charge >= 0.3 is 0 Å². The summed E-state index contributed by atoms with van der Waals surface area (Å²) in [6.07, 6.45) is 0. The van der Waals surface area contributed by atoms with Crippen molar-refractivity contribution >= 4 is 11.5 Å². The second-order valence-corrected chi connectivity index (χ2v) is 5.28. The summed E-state index contributed by atoms with van der Waals surface area (Å²) in [4.78, 5) is 9.16. The molecule has 2 rings (SSSR count). The molecule has 2 atom stereocenters. The Kier molecular flexibility index (Phi) is 3.24. The van der Waals surface area contributed by atoms with E-state index < -0.39 is 0 Å². The van der Waals surface area contributed by atoms with Crippen LogP contribution in [0, 0.1) is 12.8 Å². The molecule has 0 bridgehead atoms. The van der Waals surface area contributed by atoms with Crippen LogP contribution in [0.4, 0.5) is 11.5 Å². The van der Waals surface area contributed by atoms with Crippen LogP contribution in [0.25, 0.3) is 0 Å². The van der Waals surface area contributed by atoms with Gasteiger partial charge in [-0.05, 0) is 39.1 Å². The second kappa shape index (κ2) is 4.53. The lowest BCUT2D eigenvalue weighted by Crippen LogP contribution is -2.34. The molecule has 1 aliphatic rings. The maximum atomic E-state index is 6.02. The summed E-state index contributed by atoms with van der Waals surface area (Å²) in [5.74, 6) is 1.59. The molecule has 0 spiro atoms. The molecule has 0 amide bonds. The molecule has 2 unspecified atom stereocenters. The van der Waals surface area contributed by atoms with Gasteiger partial charge in [0.1, 0.15) is 0 Å². The van der Waals surface area contributed by atoms with E-state index >= 15 is 0 Å². The van der Waals surface area contributed by atoms with Crippen molar-refractivity contribution in [2.75, 3.05) is 37.8 Å². The molecule has 0 radical (unpaired) electrons. The lowest BCUT2D eigenvalue weighted by atomic mass is 10.1. The Bertz CT molecular complexity index is 402. The van der Waals surface area contributed by atoms with Crippen LogP contribution in [0.3, 0.4) is 0 Å². The molecule has 17 heavy (non-hydrogen) atoms. The molecule has 4 nitrogen and oxygen atoms in total. The average Bonchev–Trinajstić information content (AvgIpc) is 2.64. The van der Waals surface area contributed by atoms with Gasteiger partial charge in [0, 0.05) is 24.8 Å². The Balaban J connectivity index is 2.22. The van der Waals surface area contributed by atoms with Gasteiger partial charge in [-0.3, -0.25) is 0 Å². The zero-order valence-electron chi connectivity index (χ0n) is 11.1. The number of nitrogens with two attached hydrogens (primary N) is 1. The average molecular weight is 234 g/mol. The predicted molar refractivity (Wildman–Crippen MR) is 72.2 cm³/mol. The van der Waals surface area contributed by atoms with Crippen LogP contribution >= 0.6 is 0 Å². The molecule has 1 saturated heterocycles. The highest BCUT2D eigenvalue weighted by Crippen LogP contribution is 2.28. The van der Waals surface area contributed by atoms with Crippen molar-refractivity contribution in [3.8, 4) is 0 Å². The van der Waals surface area contributed by atoms with E-state index in [-0.39, 0.29) is 0 Å². The fourth-order valence-corrected chi connectivity index (χ4v) is 2.60. The summed E-state index contributed by atoms with van der Waals surface area (Å²) < 4.78 is 0. The molecule has 2 N–H and O–H groups in total. The molecular weight excluding hydrogens is 212 g/mol. The van der Waals surface area contributed by atoms with E-state index in [4.69, 9.17) is 5.73 Å². The lowest BCUT2D eigenvalue weighted by molar-refractivity contribution is 0.266. The minimum absolute atomic E-state index is 0.580. The first kappa shape index (κ1) is 12.2. The van der Waals surface area contributed by atoms with E-state index in [1.54, 1.807) is 0 Å². The minimum atomic E-state index is 0.580. The third-order valence-electron chi connectivity index (χ3n) is 3.58. The first-order valence-corrected chi connectivity index (χ1v) is 6.13. The number of aryl methyl sites for hydroxylation is 1. The van der Waals surface area contributed by atoms with Crippen molar-refractivity contribution in [2.45, 2.75) is 19.9 Å². The maximum Gasteiger partial charge on any atom is 0.152 e. The molecule has 1 aromatic heterocycles. The van der Waals surface area contributed by atoms with Crippen molar-refractivity contribution in [3.05, 3.63) is 17.8 Å². The monoisotopic (exact) mass is 234 g/mol. The quantitative estimate of drug-likeness (QED) is 0.839. The highest BCUT2D eigenvalue weighted by molar-refractivity contribution is 5.63. The highest BCUT2D eigenvalue weighted by Gasteiger charge is 2.32. The number of pyridine rings is 1. The van der Waals surface area contributed by atoms with Gasteiger partial charge in [-0.2, -0.15) is 0 Å². The summed E-state index contributed by atoms with van der Waals surface area (Å²) in [6, 6.07) is 4.49. The molecule has 2 heterocycles. The number of anilines is 2. The molecule has 0 aliphatic carbocycles. The number of nitrogens with zero attached hydrogens (tertiary/aromatic N) is 3. The van der Waals surface area contributed by atoms with E-state index in [2.05, 4.69) is 35.8 Å². The summed E-state index contributed by atoms with van der Waals surface area (Å²) in [5, 5.41) is 0. The number of aromatic nitrogens is 1. The van der Waals surface area contributed by atoms with E-state index in [0.717, 1.165) is 30.3 Å². The fourth-order valence-electron chi connectivity index (χ4n) is 2.60. The lowest BCUT2D eigenvalue weighted by Gasteiger charge is -2.23. The Morgan fingerprint density at radius 3 is 2.65 bits per heavy atom. The Morgan fingerprint density at radius 2 is 2.06 bits per heavy atom. The standard InChI is InChI=1S/C13H22N4/c1-9-7-17(8-12(9)16(3)4)13-11(14)6-5-10(2)15-13/h5-6,9,12H,7-8,14H2,1-4H3. The molecule has 0 aromatic carbocycles. The number of hydrogen-bond acceptors (Lipinski definition) is 4. The Morgan fingerprint density at radius 1 is 1.35 bits per heavy atom. The molecule has 1 aliphatic heterocycles. The highest BCUT2D eigenvalue weighted by atomic mass is 15.3. The van der Waals surface area contributed by atoms with Crippen LogP contribution in [0.5, 0.6) is 0 Å². The van der Waals surface area contributed by atoms with Gasteiger partial charge in [0.2, 0.25) is 0 Å². The smallest absolute Gasteiger partial charge is 0.152 e. The number of nitrogen functional groups attached to an aromatic ring is 1. The van der Waals surface area contributed by atoms with Gasteiger partial charge < -0.3 is 15.5 Å². The van der Waals surface area contributed by atoms with Crippen LogP contribution in [0.15, 0.2) is 12.1 Å². The van der Waals surface area contributed by atoms with Gasteiger partial charge in [0.05, 0.1) is 5.69 Å². The maximum absolute atomic E-state index is 6.02. The largest absolute Gasteiger partial charge is 0.396 e. The summed E-state index contributed by atoms with van der Waals surface area (Å²) >= 11 is 0. The molecule has 1 aromatic rings. The Labute approximate surface area is 103 Å². The van der Waals surface area contributed by atoms with Crippen LogP contribution in [-0.4, -0.2) is 43.1 Å². The van der Waals surface area contributed by atoms with Crippen molar-refractivity contribution in [3.63, 3.8) is 0 Å². The Hall–Kier alpha value is -1.29. The topological polar surface area (TPSA) is 45.4 Å². The van der Waals surface area contributed by atoms with Gasteiger partial charge in [-0.25, -0.2) is 4.98 Å². The van der Waals surface area contributed by atoms with Crippen molar-refractivity contribution < 1.29 is 0 Å². The fraction of sp³-hybridized carbons (Fsp3) is 0.615. The molecule has 1 fully saturated rings. The van der Waals surface area contributed by atoms with Crippen LogP contribution in [0.2, 0.25) is 0 Å². The van der Waals surface area contributed by atoms with Crippen molar-refractivity contribution in [2.24, 2.45) is 5.92 Å².